The van der Waals surface area contributed by atoms with Crippen LogP contribution >= 0.6 is 0 Å². The van der Waals surface area contributed by atoms with Crippen LogP contribution in [-0.4, -0.2) is 140 Å². The Labute approximate surface area is 451 Å². The van der Waals surface area contributed by atoms with E-state index in [0.29, 0.717) is 12.8 Å². The Kier molecular flexibility index (Phi) is 43.8. The first-order chi connectivity index (χ1) is 36.1. The van der Waals surface area contributed by atoms with Crippen LogP contribution in [0.3, 0.4) is 0 Å². The third-order valence-corrected chi connectivity index (χ3v) is 15.8. The number of hydrogen-bond acceptors (Lipinski definition) is 13. The Morgan fingerprint density at radius 1 is 0.432 bits per heavy atom. The first kappa shape index (κ1) is 69.1. The summed E-state index contributed by atoms with van der Waals surface area (Å²) in [5, 5.41) is 87.3. The average molecular weight is 1060 g/mol. The van der Waals surface area contributed by atoms with Gasteiger partial charge in [-0.1, -0.05) is 264 Å². The number of unbranched alkanes of at least 4 members (excludes halogenated alkanes) is 38. The van der Waals surface area contributed by atoms with Crippen LogP contribution in [0.5, 0.6) is 0 Å². The molecule has 2 heterocycles. The van der Waals surface area contributed by atoms with Gasteiger partial charge >= 0.3 is 0 Å². The number of rotatable bonds is 51. The monoisotopic (exact) mass is 1060 g/mol. The van der Waals surface area contributed by atoms with Gasteiger partial charge in [0.05, 0.1) is 32.0 Å². The highest BCUT2D eigenvalue weighted by atomic mass is 16.7. The fraction of sp³-hybridized carbons (Fsp3) is 0.983. The average Bonchev–Trinajstić information content (AvgIpc) is 3.40. The van der Waals surface area contributed by atoms with Crippen molar-refractivity contribution in [1.29, 1.82) is 0 Å². The van der Waals surface area contributed by atoms with Crippen molar-refractivity contribution in [3.05, 3.63) is 0 Å². The molecule has 0 saturated carbocycles. The van der Waals surface area contributed by atoms with Gasteiger partial charge in [0.15, 0.2) is 12.6 Å². The van der Waals surface area contributed by atoms with E-state index in [4.69, 9.17) is 18.9 Å². The molecule has 0 aliphatic carbocycles. The Hall–Kier alpha value is -1.01. The zero-order valence-corrected chi connectivity index (χ0v) is 47.4. The Bertz CT molecular complexity index is 1250. The second kappa shape index (κ2) is 46.9. The van der Waals surface area contributed by atoms with Crippen LogP contribution in [0, 0.1) is 0 Å². The van der Waals surface area contributed by atoms with Gasteiger partial charge in [0.25, 0.3) is 0 Å². The van der Waals surface area contributed by atoms with E-state index >= 15 is 0 Å². The molecule has 4 unspecified atom stereocenters. The lowest BCUT2D eigenvalue weighted by Crippen LogP contribution is -2.65. The Morgan fingerprint density at radius 3 is 1.15 bits per heavy atom. The number of carbonyl (C=O) groups is 1. The van der Waals surface area contributed by atoms with Gasteiger partial charge in [-0.05, 0) is 12.8 Å². The van der Waals surface area contributed by atoms with Crippen LogP contribution < -0.4 is 5.32 Å². The highest BCUT2D eigenvalue weighted by Gasteiger charge is 2.51. The molecule has 1 amide bonds. The van der Waals surface area contributed by atoms with Gasteiger partial charge in [-0.3, -0.25) is 4.79 Å². The Balaban J connectivity index is 1.71. The summed E-state index contributed by atoms with van der Waals surface area (Å²) in [7, 11) is 0. The first-order valence-electron chi connectivity index (χ1n) is 31.3. The van der Waals surface area contributed by atoms with Crippen molar-refractivity contribution >= 4 is 5.91 Å². The highest BCUT2D eigenvalue weighted by Crippen LogP contribution is 2.30. The molecule has 14 nitrogen and oxygen atoms in total. The van der Waals surface area contributed by atoms with Gasteiger partial charge in [-0.15, -0.1) is 0 Å². The zero-order chi connectivity index (χ0) is 53.9. The summed E-state index contributed by atoms with van der Waals surface area (Å²) < 4.78 is 22.9. The van der Waals surface area contributed by atoms with Crippen molar-refractivity contribution in [3.8, 4) is 0 Å². The van der Waals surface area contributed by atoms with E-state index < -0.39 is 86.8 Å². The normalized spacial score (nSPS) is 25.1. The number of aliphatic hydroxyl groups is 8. The summed E-state index contributed by atoms with van der Waals surface area (Å²) in [4.78, 5) is 13.3. The lowest BCUT2D eigenvalue weighted by atomic mass is 9.97. The molecule has 0 aromatic rings. The SMILES string of the molecule is CCCCCCCCCCCCCCCCCCCCCCCCCC(=O)N[C@@H](CO[C@@H]1O[C@H](CO)[C@@H](O[C@@H]2O[C@H](CO)[C@H](O)C(O)C2O)C(O)C1O)[C@H](O)CCCCCCCCCCCCCCCCCCC. The smallest absolute Gasteiger partial charge is 0.220 e. The van der Waals surface area contributed by atoms with Crippen LogP contribution in [0.1, 0.15) is 284 Å². The lowest BCUT2D eigenvalue weighted by molar-refractivity contribution is -0.359. The quantitative estimate of drug-likeness (QED) is 0.0259. The van der Waals surface area contributed by atoms with Crippen molar-refractivity contribution in [1.82, 2.24) is 5.32 Å². The maximum absolute atomic E-state index is 13.3. The summed E-state index contributed by atoms with van der Waals surface area (Å²) in [6, 6.07) is -0.822. The second-order valence-electron chi connectivity index (χ2n) is 22.6. The van der Waals surface area contributed by atoms with Gasteiger partial charge < -0.3 is 65.1 Å². The van der Waals surface area contributed by atoms with Crippen molar-refractivity contribution in [2.45, 2.75) is 357 Å². The molecule has 2 rings (SSSR count). The summed E-state index contributed by atoms with van der Waals surface area (Å²) in [5.41, 5.74) is 0. The van der Waals surface area contributed by atoms with Crippen LogP contribution in [0.4, 0.5) is 0 Å². The molecule has 9 N–H and O–H groups in total. The molecule has 0 aromatic carbocycles. The molecule has 0 spiro atoms. The summed E-state index contributed by atoms with van der Waals surface area (Å²) >= 11 is 0. The molecule has 0 bridgehead atoms. The van der Waals surface area contributed by atoms with E-state index in [2.05, 4.69) is 19.2 Å². The maximum atomic E-state index is 13.3. The minimum atomic E-state index is -1.78. The predicted octanol–water partition coefficient (Wildman–Crippen LogP) is 10.9. The van der Waals surface area contributed by atoms with Crippen LogP contribution in [0.25, 0.3) is 0 Å². The van der Waals surface area contributed by atoms with Crippen molar-refractivity contribution in [2.24, 2.45) is 0 Å². The molecular formula is C60H117NO13. The molecule has 0 aromatic heterocycles. The first-order valence-corrected chi connectivity index (χ1v) is 31.3. The molecule has 12 atom stereocenters. The van der Waals surface area contributed by atoms with Crippen LogP contribution in [-0.2, 0) is 23.7 Å². The largest absolute Gasteiger partial charge is 0.394 e. The number of aliphatic hydroxyl groups excluding tert-OH is 8. The van der Waals surface area contributed by atoms with Gasteiger partial charge in [-0.25, -0.2) is 0 Å². The van der Waals surface area contributed by atoms with Crippen molar-refractivity contribution in [3.63, 3.8) is 0 Å². The number of nitrogens with one attached hydrogen (secondary N) is 1. The van der Waals surface area contributed by atoms with Gasteiger partial charge in [0.1, 0.15) is 48.8 Å². The van der Waals surface area contributed by atoms with Crippen molar-refractivity contribution in [2.75, 3.05) is 19.8 Å². The summed E-state index contributed by atoms with van der Waals surface area (Å²) in [5.74, 6) is -0.199. The summed E-state index contributed by atoms with van der Waals surface area (Å²) in [6.45, 7) is 2.91. The molecule has 0 radical (unpaired) electrons. The standard InChI is InChI=1S/C60H117NO13/c1-3-5-7-9-11-13-15-17-19-21-22-23-24-25-26-28-30-32-34-36-38-40-42-44-52(65)61-48(49(64)43-41-39-37-35-33-31-29-27-20-18-16-14-12-10-8-6-4-2)47-71-59-57(70)55(68)58(51(46-63)73-59)74-60-56(69)54(67)53(66)50(45-62)72-60/h48-51,53-60,62-64,66-70H,3-47H2,1-2H3,(H,61,65)/t48-,49+,50+,51+,53-,54?,55?,56?,57?,58+,59+,60-/m0/s1. The zero-order valence-electron chi connectivity index (χ0n) is 47.4. The van der Waals surface area contributed by atoms with Gasteiger partial charge in [0.2, 0.25) is 5.91 Å². The number of ether oxygens (including phenoxy) is 4. The van der Waals surface area contributed by atoms with Gasteiger partial charge in [-0.2, -0.15) is 0 Å². The van der Waals surface area contributed by atoms with Gasteiger partial charge in [0, 0.05) is 6.42 Å². The fourth-order valence-corrected chi connectivity index (χ4v) is 10.8. The number of hydrogen-bond donors (Lipinski definition) is 9. The molecular weight excluding hydrogens is 943 g/mol. The van der Waals surface area contributed by atoms with Crippen LogP contribution in [0.2, 0.25) is 0 Å². The predicted molar refractivity (Wildman–Crippen MR) is 296 cm³/mol. The number of carbonyl (C=O) groups excluding carboxylic acids is 1. The second-order valence-corrected chi connectivity index (χ2v) is 22.6. The highest BCUT2D eigenvalue weighted by molar-refractivity contribution is 5.76. The minimum absolute atomic E-state index is 0.199. The van der Waals surface area contributed by atoms with Crippen LogP contribution in [0.15, 0.2) is 0 Å². The van der Waals surface area contributed by atoms with E-state index in [9.17, 15) is 45.6 Å². The van der Waals surface area contributed by atoms with E-state index in [1.165, 1.54) is 205 Å². The maximum Gasteiger partial charge on any atom is 0.220 e. The summed E-state index contributed by atoms with van der Waals surface area (Å²) in [6.07, 6.45) is 35.3. The lowest BCUT2D eigenvalue weighted by Gasteiger charge is -2.46. The van der Waals surface area contributed by atoms with E-state index in [1.54, 1.807) is 0 Å². The Morgan fingerprint density at radius 2 is 0.770 bits per heavy atom. The number of amides is 1. The third-order valence-electron chi connectivity index (χ3n) is 15.8. The molecule has 74 heavy (non-hydrogen) atoms. The molecule has 2 saturated heterocycles. The third kappa shape index (κ3) is 32.2. The molecule has 2 aliphatic heterocycles. The van der Waals surface area contributed by atoms with E-state index in [1.807, 2.05) is 0 Å². The molecule has 2 aliphatic rings. The molecule has 2 fully saturated rings. The molecule has 14 heteroatoms. The van der Waals surface area contributed by atoms with Crippen molar-refractivity contribution < 1.29 is 64.6 Å². The van der Waals surface area contributed by atoms with E-state index in [0.717, 1.165) is 51.4 Å². The molecule has 440 valence electrons. The van der Waals surface area contributed by atoms with E-state index in [-0.39, 0.29) is 12.5 Å². The topological polar surface area (TPSA) is 228 Å². The minimum Gasteiger partial charge on any atom is -0.394 e. The fourth-order valence-electron chi connectivity index (χ4n) is 10.8.